The number of amides is 2. The Morgan fingerprint density at radius 1 is 1.08 bits per heavy atom. The Hall–Kier alpha value is -2.51. The molecule has 6 nitrogen and oxygen atoms in total. The number of esters is 1. The van der Waals surface area contributed by atoms with Crippen LogP contribution in [-0.2, 0) is 14.3 Å². The lowest BCUT2D eigenvalue weighted by Gasteiger charge is -2.09. The molecule has 0 saturated heterocycles. The Bertz CT molecular complexity index is 842. The van der Waals surface area contributed by atoms with Gasteiger partial charge in [0, 0.05) is 23.2 Å². The van der Waals surface area contributed by atoms with Crippen LogP contribution in [0.1, 0.15) is 17.3 Å². The van der Waals surface area contributed by atoms with Crippen molar-refractivity contribution in [2.45, 2.75) is 11.8 Å². The van der Waals surface area contributed by atoms with Crippen molar-refractivity contribution in [3.05, 3.63) is 53.1 Å². The smallest absolute Gasteiger partial charge is 0.340 e. The summed E-state index contributed by atoms with van der Waals surface area (Å²) in [5.41, 5.74) is 1.23. The second-order valence-corrected chi connectivity index (χ2v) is 6.52. The van der Waals surface area contributed by atoms with E-state index in [0.717, 1.165) is 4.90 Å². The van der Waals surface area contributed by atoms with Crippen LogP contribution >= 0.6 is 23.4 Å². The van der Waals surface area contributed by atoms with Gasteiger partial charge in [-0.05, 0) is 42.7 Å². The highest BCUT2D eigenvalue weighted by Gasteiger charge is 2.15. The molecule has 0 radical (unpaired) electrons. The number of carbonyl (C=O) groups is 3. The van der Waals surface area contributed by atoms with Gasteiger partial charge in [-0.3, -0.25) is 9.59 Å². The minimum absolute atomic E-state index is 0.207. The van der Waals surface area contributed by atoms with Crippen molar-refractivity contribution in [1.29, 1.82) is 0 Å². The maximum atomic E-state index is 12.1. The maximum absolute atomic E-state index is 12.1. The fraction of sp³-hybridized carbons (Fsp3) is 0.167. The molecule has 2 amide bonds. The third-order valence-corrected chi connectivity index (χ3v) is 4.25. The molecule has 0 saturated carbocycles. The van der Waals surface area contributed by atoms with E-state index < -0.39 is 18.5 Å². The number of thioether (sulfide) groups is 1. The average Bonchev–Trinajstić information content (AvgIpc) is 2.60. The summed E-state index contributed by atoms with van der Waals surface area (Å²) < 4.78 is 5.02. The molecule has 2 aromatic carbocycles. The van der Waals surface area contributed by atoms with Crippen molar-refractivity contribution >= 4 is 52.5 Å². The van der Waals surface area contributed by atoms with Crippen molar-refractivity contribution < 1.29 is 19.1 Å². The molecule has 2 N–H and O–H groups in total. The second kappa shape index (κ2) is 9.26. The number of nitrogens with one attached hydrogen (secondary N) is 2. The van der Waals surface area contributed by atoms with Gasteiger partial charge in [0.05, 0.1) is 10.6 Å². The van der Waals surface area contributed by atoms with Gasteiger partial charge in [-0.2, -0.15) is 0 Å². The molecule has 0 bridgehead atoms. The number of rotatable bonds is 6. The van der Waals surface area contributed by atoms with Crippen LogP contribution in [0, 0.1) is 0 Å². The summed E-state index contributed by atoms with van der Waals surface area (Å²) in [4.78, 5) is 36.0. The van der Waals surface area contributed by atoms with Crippen LogP contribution < -0.4 is 10.6 Å². The van der Waals surface area contributed by atoms with Crippen LogP contribution in [0.4, 0.5) is 11.4 Å². The van der Waals surface area contributed by atoms with Crippen LogP contribution in [-0.4, -0.2) is 30.6 Å². The zero-order chi connectivity index (χ0) is 19.1. The number of halogens is 1. The lowest BCUT2D eigenvalue weighted by molar-refractivity contribution is -0.119. The quantitative estimate of drug-likeness (QED) is 0.576. The maximum Gasteiger partial charge on any atom is 0.340 e. The summed E-state index contributed by atoms with van der Waals surface area (Å²) in [5, 5.41) is 5.47. The van der Waals surface area contributed by atoms with Crippen molar-refractivity contribution in [2.75, 3.05) is 23.5 Å². The molecule has 0 unspecified atom stereocenters. The Labute approximate surface area is 160 Å². The Kier molecular flexibility index (Phi) is 7.06. The number of hydrogen-bond acceptors (Lipinski definition) is 5. The van der Waals surface area contributed by atoms with E-state index in [-0.39, 0.29) is 16.5 Å². The molecule has 8 heteroatoms. The number of anilines is 2. The van der Waals surface area contributed by atoms with Gasteiger partial charge >= 0.3 is 5.97 Å². The van der Waals surface area contributed by atoms with Crippen molar-refractivity contribution in [3.8, 4) is 0 Å². The van der Waals surface area contributed by atoms with Crippen molar-refractivity contribution in [2.24, 2.45) is 0 Å². The SMILES string of the molecule is CSc1ccc(Cl)c(C(=O)OCC(=O)Nc2cccc(NC(C)=O)c2)c1. The first-order valence-electron chi connectivity index (χ1n) is 7.57. The summed E-state index contributed by atoms with van der Waals surface area (Å²) in [5.74, 6) is -1.39. The standard InChI is InChI=1S/C18H17ClN2O4S/c1-11(22)20-12-4-3-5-13(8-12)21-17(23)10-25-18(24)15-9-14(26-2)6-7-16(15)19/h3-9H,10H2,1-2H3,(H,20,22)(H,21,23). The van der Waals surface area contributed by atoms with E-state index >= 15 is 0 Å². The van der Waals surface area contributed by atoms with Crippen LogP contribution in [0.25, 0.3) is 0 Å². The average molecular weight is 393 g/mol. The zero-order valence-corrected chi connectivity index (χ0v) is 15.7. The minimum atomic E-state index is -0.673. The van der Waals surface area contributed by atoms with E-state index in [4.69, 9.17) is 16.3 Å². The number of carbonyl (C=O) groups excluding carboxylic acids is 3. The molecule has 0 heterocycles. The molecule has 0 spiro atoms. The monoisotopic (exact) mass is 392 g/mol. The number of benzene rings is 2. The summed E-state index contributed by atoms with van der Waals surface area (Å²) in [6.45, 7) is 0.935. The first-order chi connectivity index (χ1) is 12.4. The first kappa shape index (κ1) is 19.8. The number of hydrogen-bond donors (Lipinski definition) is 2. The third-order valence-electron chi connectivity index (χ3n) is 3.19. The highest BCUT2D eigenvalue weighted by molar-refractivity contribution is 7.98. The second-order valence-electron chi connectivity index (χ2n) is 5.23. The van der Waals surface area contributed by atoms with Gasteiger partial charge in [0.25, 0.3) is 5.91 Å². The van der Waals surface area contributed by atoms with Gasteiger partial charge in [0.1, 0.15) is 0 Å². The molecule has 26 heavy (non-hydrogen) atoms. The Balaban J connectivity index is 1.94. The highest BCUT2D eigenvalue weighted by Crippen LogP contribution is 2.23. The van der Waals surface area contributed by atoms with Gasteiger partial charge in [0.2, 0.25) is 5.91 Å². The summed E-state index contributed by atoms with van der Waals surface area (Å²) in [7, 11) is 0. The van der Waals surface area contributed by atoms with E-state index in [1.807, 2.05) is 6.26 Å². The van der Waals surface area contributed by atoms with Gasteiger partial charge in [-0.25, -0.2) is 4.79 Å². The summed E-state index contributed by atoms with van der Waals surface area (Å²) >= 11 is 7.47. The molecule has 136 valence electrons. The predicted molar refractivity (Wildman–Crippen MR) is 103 cm³/mol. The van der Waals surface area contributed by atoms with E-state index in [0.29, 0.717) is 11.4 Å². The van der Waals surface area contributed by atoms with Gasteiger partial charge in [0.15, 0.2) is 6.61 Å². The molecular weight excluding hydrogens is 376 g/mol. The summed E-state index contributed by atoms with van der Waals surface area (Å²) in [6, 6.07) is 11.6. The molecule has 0 aliphatic rings. The van der Waals surface area contributed by atoms with E-state index in [1.54, 1.807) is 42.5 Å². The largest absolute Gasteiger partial charge is 0.452 e. The van der Waals surface area contributed by atoms with Crippen LogP contribution in [0.15, 0.2) is 47.4 Å². The zero-order valence-electron chi connectivity index (χ0n) is 14.2. The van der Waals surface area contributed by atoms with Crippen LogP contribution in [0.2, 0.25) is 5.02 Å². The van der Waals surface area contributed by atoms with Gasteiger partial charge < -0.3 is 15.4 Å². The molecule has 2 rings (SSSR count). The Morgan fingerprint density at radius 2 is 1.77 bits per heavy atom. The molecule has 0 aliphatic heterocycles. The van der Waals surface area contributed by atoms with Gasteiger partial charge in [-0.15, -0.1) is 11.8 Å². The van der Waals surface area contributed by atoms with Crippen LogP contribution in [0.5, 0.6) is 0 Å². The summed E-state index contributed by atoms with van der Waals surface area (Å²) in [6.07, 6.45) is 1.88. The normalized spacial score (nSPS) is 10.1. The molecule has 0 aliphatic carbocycles. The lowest BCUT2D eigenvalue weighted by atomic mass is 10.2. The number of ether oxygens (including phenoxy) is 1. The fourth-order valence-corrected chi connectivity index (χ4v) is 2.71. The van der Waals surface area contributed by atoms with E-state index in [9.17, 15) is 14.4 Å². The lowest BCUT2D eigenvalue weighted by Crippen LogP contribution is -2.21. The van der Waals surface area contributed by atoms with Crippen LogP contribution in [0.3, 0.4) is 0 Å². The molecular formula is C18H17ClN2O4S. The van der Waals surface area contributed by atoms with E-state index in [1.165, 1.54) is 18.7 Å². The highest BCUT2D eigenvalue weighted by atomic mass is 35.5. The third kappa shape index (κ3) is 5.79. The predicted octanol–water partition coefficient (Wildman–Crippen LogP) is 3.82. The van der Waals surface area contributed by atoms with Crippen molar-refractivity contribution in [3.63, 3.8) is 0 Å². The Morgan fingerprint density at radius 3 is 2.42 bits per heavy atom. The minimum Gasteiger partial charge on any atom is -0.452 e. The molecule has 0 fully saturated rings. The first-order valence-corrected chi connectivity index (χ1v) is 9.17. The molecule has 0 atom stereocenters. The van der Waals surface area contributed by atoms with Gasteiger partial charge in [-0.1, -0.05) is 17.7 Å². The molecule has 0 aromatic heterocycles. The fourth-order valence-electron chi connectivity index (χ4n) is 2.07. The topological polar surface area (TPSA) is 84.5 Å². The van der Waals surface area contributed by atoms with E-state index in [2.05, 4.69) is 10.6 Å². The molecule has 2 aromatic rings. The van der Waals surface area contributed by atoms with Crippen molar-refractivity contribution in [1.82, 2.24) is 0 Å².